The molecule has 1 aliphatic rings. The van der Waals surface area contributed by atoms with Gasteiger partial charge in [0, 0.05) is 7.11 Å². The Morgan fingerprint density at radius 3 is 1.45 bits per heavy atom. The molecule has 0 aliphatic heterocycles. The predicted molar refractivity (Wildman–Crippen MR) is 92.6 cm³/mol. The van der Waals surface area contributed by atoms with E-state index < -0.39 is 8.32 Å². The second-order valence-electron chi connectivity index (χ2n) is 9.98. The summed E-state index contributed by atoms with van der Waals surface area (Å²) in [4.78, 5) is 0. The predicted octanol–water partition coefficient (Wildman–Crippen LogP) is 6.11. The van der Waals surface area contributed by atoms with Gasteiger partial charge in [-0.15, -0.1) is 0 Å². The van der Waals surface area contributed by atoms with Gasteiger partial charge < -0.3 is 4.43 Å². The molecule has 0 aromatic carbocycles. The van der Waals surface area contributed by atoms with Crippen molar-refractivity contribution in [2.75, 3.05) is 7.11 Å². The lowest BCUT2D eigenvalue weighted by atomic mass is 9.38. The zero-order chi connectivity index (χ0) is 16.4. The highest BCUT2D eigenvalue weighted by Gasteiger charge is 2.69. The molecule has 0 aromatic heterocycles. The first-order chi connectivity index (χ1) is 8.52. The summed E-state index contributed by atoms with van der Waals surface area (Å²) in [7, 11) is 0.148. The molecular weight excluding hydrogens is 260 g/mol. The van der Waals surface area contributed by atoms with Gasteiger partial charge in [0.15, 0.2) is 8.32 Å². The molecule has 1 atom stereocenters. The smallest absolute Gasteiger partial charge is 0.192 e. The minimum absolute atomic E-state index is 0.241. The van der Waals surface area contributed by atoms with Gasteiger partial charge in [-0.3, -0.25) is 0 Å². The Hall–Kier alpha value is 0.177. The van der Waals surface area contributed by atoms with E-state index in [1.807, 2.05) is 7.11 Å². The lowest BCUT2D eigenvalue weighted by Gasteiger charge is -2.72. The topological polar surface area (TPSA) is 9.23 Å². The van der Waals surface area contributed by atoms with Crippen LogP contribution in [-0.4, -0.2) is 15.4 Å². The maximum Gasteiger partial charge on any atom is 0.192 e. The zero-order valence-electron chi connectivity index (χ0n) is 16.1. The van der Waals surface area contributed by atoms with E-state index in [1.165, 1.54) is 6.42 Å². The van der Waals surface area contributed by atoms with Gasteiger partial charge in [-0.25, -0.2) is 0 Å². The molecule has 0 spiro atoms. The van der Waals surface area contributed by atoms with Crippen molar-refractivity contribution in [2.24, 2.45) is 21.7 Å². The Morgan fingerprint density at radius 2 is 1.10 bits per heavy atom. The van der Waals surface area contributed by atoms with E-state index in [-0.39, 0.29) is 15.9 Å². The monoisotopic (exact) mass is 298 g/mol. The molecule has 0 heterocycles. The molecule has 1 nitrogen and oxygen atoms in total. The number of rotatable bonds is 2. The highest BCUT2D eigenvalue weighted by molar-refractivity contribution is 6.74. The normalized spacial score (nSPS) is 34.8. The summed E-state index contributed by atoms with van der Waals surface area (Å²) in [6.45, 7) is 27.1. The fraction of sp³-hybridized carbons (Fsp3) is 1.00. The van der Waals surface area contributed by atoms with Gasteiger partial charge in [-0.05, 0) is 46.2 Å². The van der Waals surface area contributed by atoms with Crippen LogP contribution in [0, 0.1) is 21.7 Å². The Morgan fingerprint density at radius 1 is 0.700 bits per heavy atom. The molecule has 2 heteroatoms. The van der Waals surface area contributed by atoms with Crippen LogP contribution in [0.4, 0.5) is 0 Å². The van der Waals surface area contributed by atoms with E-state index in [0.717, 1.165) is 0 Å². The Bertz CT molecular complexity index is 390. The summed E-state index contributed by atoms with van der Waals surface area (Å²) < 4.78 is 6.11. The maximum atomic E-state index is 6.11. The van der Waals surface area contributed by atoms with Crippen LogP contribution in [0.3, 0.4) is 0 Å². The van der Waals surface area contributed by atoms with Crippen LogP contribution in [-0.2, 0) is 4.43 Å². The summed E-state index contributed by atoms with van der Waals surface area (Å²) in [5.41, 5.74) is 1.09. The van der Waals surface area contributed by atoms with Crippen LogP contribution in [0.25, 0.3) is 0 Å². The summed E-state index contributed by atoms with van der Waals surface area (Å²) in [5.74, 6) is 0. The van der Waals surface area contributed by atoms with Gasteiger partial charge in [-0.2, -0.15) is 0 Å². The molecule has 0 aromatic rings. The first kappa shape index (κ1) is 18.2. The van der Waals surface area contributed by atoms with Crippen molar-refractivity contribution in [1.82, 2.24) is 0 Å². The minimum atomic E-state index is -1.78. The molecular formula is C18H38OSi. The van der Waals surface area contributed by atoms with Crippen molar-refractivity contribution < 1.29 is 4.43 Å². The quantitative estimate of drug-likeness (QED) is 0.559. The van der Waals surface area contributed by atoms with Gasteiger partial charge in [0.25, 0.3) is 0 Å². The van der Waals surface area contributed by atoms with Crippen molar-refractivity contribution in [3.05, 3.63) is 0 Å². The summed E-state index contributed by atoms with van der Waals surface area (Å²) in [6.07, 6.45) is 1.25. The van der Waals surface area contributed by atoms with E-state index in [9.17, 15) is 0 Å². The van der Waals surface area contributed by atoms with Crippen molar-refractivity contribution >= 4 is 8.32 Å². The standard InChI is InChI=1S/C18H38OSi/c1-14(2)13-18(9,20(11,12)19-10)17(7,8)16(5,6)15(14,3)4/h13H2,1-12H3. The van der Waals surface area contributed by atoms with Gasteiger partial charge in [0.1, 0.15) is 0 Å². The third kappa shape index (κ3) is 1.83. The van der Waals surface area contributed by atoms with Gasteiger partial charge in [-0.1, -0.05) is 62.3 Å². The first-order valence-electron chi connectivity index (χ1n) is 8.07. The molecule has 0 N–H and O–H groups in total. The Labute approximate surface area is 129 Å². The molecule has 1 saturated carbocycles. The van der Waals surface area contributed by atoms with Gasteiger partial charge in [0.05, 0.1) is 0 Å². The van der Waals surface area contributed by atoms with Crippen molar-refractivity contribution in [3.8, 4) is 0 Å². The summed E-state index contributed by atoms with van der Waals surface area (Å²) in [5, 5.41) is 0.261. The Balaban J connectivity index is 3.61. The second-order valence-corrected chi connectivity index (χ2v) is 14.5. The molecule has 120 valence electrons. The lowest BCUT2D eigenvalue weighted by molar-refractivity contribution is -0.171. The molecule has 20 heavy (non-hydrogen) atoms. The average molecular weight is 299 g/mol. The second kappa shape index (κ2) is 4.35. The molecule has 0 saturated heterocycles. The fourth-order valence-corrected chi connectivity index (χ4v) is 7.97. The van der Waals surface area contributed by atoms with Crippen LogP contribution in [0.15, 0.2) is 0 Å². The van der Waals surface area contributed by atoms with Crippen LogP contribution < -0.4 is 0 Å². The molecule has 0 radical (unpaired) electrons. The van der Waals surface area contributed by atoms with Crippen LogP contribution in [0.5, 0.6) is 0 Å². The van der Waals surface area contributed by atoms with E-state index in [0.29, 0.717) is 10.8 Å². The van der Waals surface area contributed by atoms with E-state index in [2.05, 4.69) is 75.4 Å². The summed E-state index contributed by atoms with van der Waals surface area (Å²) >= 11 is 0. The third-order valence-corrected chi connectivity index (χ3v) is 13.3. The maximum absolute atomic E-state index is 6.11. The van der Waals surface area contributed by atoms with Crippen LogP contribution >= 0.6 is 0 Å². The molecule has 0 amide bonds. The molecule has 0 bridgehead atoms. The molecule has 1 aliphatic carbocycles. The Kier molecular flexibility index (Phi) is 3.96. The molecule has 1 rings (SSSR count). The van der Waals surface area contributed by atoms with Gasteiger partial charge in [0.2, 0.25) is 0 Å². The first-order valence-corrected chi connectivity index (χ1v) is 11.0. The average Bonchev–Trinajstić information content (AvgIpc) is 2.25. The fourth-order valence-electron chi connectivity index (χ4n) is 4.83. The van der Waals surface area contributed by atoms with Crippen LogP contribution in [0.1, 0.15) is 68.7 Å². The molecule has 1 fully saturated rings. The SMILES string of the molecule is CO[Si](C)(C)C1(C)CC(C)(C)C(C)(C)C(C)(C)C1(C)C. The number of hydrogen-bond acceptors (Lipinski definition) is 1. The zero-order valence-corrected chi connectivity index (χ0v) is 17.1. The highest BCUT2D eigenvalue weighted by Crippen LogP contribution is 2.76. The number of hydrogen-bond donors (Lipinski definition) is 0. The van der Waals surface area contributed by atoms with Crippen molar-refractivity contribution in [1.29, 1.82) is 0 Å². The minimum Gasteiger partial charge on any atom is -0.420 e. The third-order valence-electron chi connectivity index (χ3n) is 8.83. The van der Waals surface area contributed by atoms with E-state index in [4.69, 9.17) is 4.43 Å². The van der Waals surface area contributed by atoms with Crippen LogP contribution in [0.2, 0.25) is 18.1 Å². The van der Waals surface area contributed by atoms with Gasteiger partial charge >= 0.3 is 0 Å². The summed E-state index contributed by atoms with van der Waals surface area (Å²) in [6, 6.07) is 0. The largest absolute Gasteiger partial charge is 0.420 e. The van der Waals surface area contributed by atoms with E-state index >= 15 is 0 Å². The molecule has 1 unspecified atom stereocenters. The van der Waals surface area contributed by atoms with Crippen molar-refractivity contribution in [3.63, 3.8) is 0 Å². The highest BCUT2D eigenvalue weighted by atomic mass is 28.4. The lowest BCUT2D eigenvalue weighted by Crippen LogP contribution is -2.67. The van der Waals surface area contributed by atoms with Crippen molar-refractivity contribution in [2.45, 2.75) is 86.9 Å². The van der Waals surface area contributed by atoms with E-state index in [1.54, 1.807) is 0 Å².